The summed E-state index contributed by atoms with van der Waals surface area (Å²) in [6, 6.07) is -0.809. The fraction of sp³-hybridized carbons (Fsp3) is 0.843. The molecule has 9 nitrogen and oxygen atoms in total. The van der Waals surface area contributed by atoms with E-state index in [0.717, 1.165) is 64.2 Å². The van der Waals surface area contributed by atoms with Gasteiger partial charge in [0.15, 0.2) is 6.29 Å². The minimum absolute atomic E-state index is 0.175. The van der Waals surface area contributed by atoms with Crippen LogP contribution in [0.3, 0.4) is 0 Å². The molecule has 79 heavy (non-hydrogen) atoms. The number of hydrogen-bond donors (Lipinski definition) is 6. The molecule has 9 heteroatoms. The van der Waals surface area contributed by atoms with E-state index in [1.54, 1.807) is 6.08 Å². The average Bonchev–Trinajstić information content (AvgIpc) is 3.47. The fourth-order valence-corrected chi connectivity index (χ4v) is 10.8. The van der Waals surface area contributed by atoms with Crippen molar-refractivity contribution >= 4 is 5.91 Å². The summed E-state index contributed by atoms with van der Waals surface area (Å²) in [4.78, 5) is 13.1. The number of unbranched alkanes of at least 4 members (excludes halogenated alkanes) is 41. The third kappa shape index (κ3) is 48.0. The van der Waals surface area contributed by atoms with Gasteiger partial charge in [0, 0.05) is 6.42 Å². The molecule has 1 heterocycles. The van der Waals surface area contributed by atoms with Crippen LogP contribution in [0.1, 0.15) is 322 Å². The summed E-state index contributed by atoms with van der Waals surface area (Å²) >= 11 is 0. The number of amides is 1. The SMILES string of the molecule is CC/C=C\C/C=C\C/C=C\C/C=C\CCCCCCCCCCCCCCCCC(=O)NC(COC1OC(CO)C(O)C(O)C1O)C(O)/C=C/CCCCCCCCCCCCCCCCCCCCCCCCCCCCC. The smallest absolute Gasteiger partial charge is 0.220 e. The second-order valence-electron chi connectivity index (χ2n) is 23.6. The van der Waals surface area contributed by atoms with Crippen molar-refractivity contribution in [2.45, 2.75) is 365 Å². The van der Waals surface area contributed by atoms with E-state index in [0.29, 0.717) is 6.42 Å². The Morgan fingerprint density at radius 2 is 0.785 bits per heavy atom. The summed E-state index contributed by atoms with van der Waals surface area (Å²) in [5, 5.41) is 54.8. The van der Waals surface area contributed by atoms with Crippen molar-refractivity contribution in [3.05, 3.63) is 60.8 Å². The van der Waals surface area contributed by atoms with E-state index in [1.165, 1.54) is 238 Å². The predicted molar refractivity (Wildman–Crippen MR) is 336 cm³/mol. The summed E-state index contributed by atoms with van der Waals surface area (Å²) in [5.41, 5.74) is 0. The second kappa shape index (κ2) is 59.1. The number of aliphatic hydroxyl groups is 5. The van der Waals surface area contributed by atoms with Crippen LogP contribution in [0, 0.1) is 0 Å². The van der Waals surface area contributed by atoms with Crippen LogP contribution in [0.15, 0.2) is 60.8 Å². The third-order valence-corrected chi connectivity index (χ3v) is 16.1. The lowest BCUT2D eigenvalue weighted by Gasteiger charge is -2.40. The molecule has 0 saturated carbocycles. The summed E-state index contributed by atoms with van der Waals surface area (Å²) in [5.74, 6) is -0.175. The Labute approximate surface area is 487 Å². The molecule has 7 unspecified atom stereocenters. The lowest BCUT2D eigenvalue weighted by atomic mass is 9.99. The van der Waals surface area contributed by atoms with E-state index in [9.17, 15) is 30.3 Å². The van der Waals surface area contributed by atoms with Crippen molar-refractivity contribution in [2.75, 3.05) is 13.2 Å². The third-order valence-electron chi connectivity index (χ3n) is 16.1. The first-order valence-electron chi connectivity index (χ1n) is 34.0. The number of nitrogens with one attached hydrogen (secondary N) is 1. The molecule has 0 aliphatic carbocycles. The monoisotopic (exact) mass is 1110 g/mol. The topological polar surface area (TPSA) is 149 Å². The van der Waals surface area contributed by atoms with Gasteiger partial charge in [-0.25, -0.2) is 0 Å². The highest BCUT2D eigenvalue weighted by atomic mass is 16.7. The average molecular weight is 1110 g/mol. The molecule has 6 N–H and O–H groups in total. The first-order valence-corrected chi connectivity index (χ1v) is 34.0. The Kier molecular flexibility index (Phi) is 56.0. The first-order chi connectivity index (χ1) is 38.8. The van der Waals surface area contributed by atoms with Crippen LogP contribution in [0.5, 0.6) is 0 Å². The van der Waals surface area contributed by atoms with Gasteiger partial charge in [-0.3, -0.25) is 4.79 Å². The molecule has 0 aromatic heterocycles. The fourth-order valence-electron chi connectivity index (χ4n) is 10.8. The van der Waals surface area contributed by atoms with E-state index < -0.39 is 49.5 Å². The van der Waals surface area contributed by atoms with Crippen molar-refractivity contribution in [2.24, 2.45) is 0 Å². The zero-order valence-corrected chi connectivity index (χ0v) is 51.6. The molecule has 0 radical (unpaired) electrons. The van der Waals surface area contributed by atoms with Crippen LogP contribution < -0.4 is 5.32 Å². The van der Waals surface area contributed by atoms with E-state index in [-0.39, 0.29) is 12.5 Å². The maximum absolute atomic E-state index is 13.1. The van der Waals surface area contributed by atoms with E-state index in [4.69, 9.17) is 9.47 Å². The van der Waals surface area contributed by atoms with E-state index in [2.05, 4.69) is 67.8 Å². The van der Waals surface area contributed by atoms with Gasteiger partial charge in [0.2, 0.25) is 5.91 Å². The Morgan fingerprint density at radius 3 is 1.16 bits per heavy atom. The van der Waals surface area contributed by atoms with Gasteiger partial charge in [-0.05, 0) is 57.8 Å². The molecule has 0 aromatic carbocycles. The lowest BCUT2D eigenvalue weighted by molar-refractivity contribution is -0.302. The van der Waals surface area contributed by atoms with Crippen molar-refractivity contribution in [3.63, 3.8) is 0 Å². The number of aliphatic hydroxyl groups excluding tert-OH is 5. The molecule has 0 bridgehead atoms. The van der Waals surface area contributed by atoms with Gasteiger partial charge in [0.05, 0.1) is 25.4 Å². The highest BCUT2D eigenvalue weighted by molar-refractivity contribution is 5.76. The molecule has 1 amide bonds. The summed E-state index contributed by atoms with van der Waals surface area (Å²) in [6.45, 7) is 3.71. The van der Waals surface area contributed by atoms with Gasteiger partial charge in [0.1, 0.15) is 24.4 Å². The van der Waals surface area contributed by atoms with Crippen LogP contribution in [-0.4, -0.2) is 87.5 Å². The Hall–Kier alpha value is -2.11. The first kappa shape index (κ1) is 74.9. The molecule has 1 aliphatic heterocycles. The van der Waals surface area contributed by atoms with E-state index in [1.807, 2.05) is 6.08 Å². The van der Waals surface area contributed by atoms with Gasteiger partial charge in [-0.2, -0.15) is 0 Å². The van der Waals surface area contributed by atoms with Gasteiger partial charge in [0.25, 0.3) is 0 Å². The van der Waals surface area contributed by atoms with Crippen molar-refractivity contribution in [1.29, 1.82) is 0 Å². The number of rotatable bonds is 59. The largest absolute Gasteiger partial charge is 0.394 e. The summed E-state index contributed by atoms with van der Waals surface area (Å²) in [7, 11) is 0. The maximum Gasteiger partial charge on any atom is 0.220 e. The van der Waals surface area contributed by atoms with Crippen molar-refractivity contribution < 1.29 is 39.8 Å². The number of carbonyl (C=O) groups excluding carboxylic acids is 1. The maximum atomic E-state index is 13.1. The number of allylic oxidation sites excluding steroid dienone is 9. The molecule has 462 valence electrons. The van der Waals surface area contributed by atoms with Gasteiger partial charge >= 0.3 is 0 Å². The van der Waals surface area contributed by atoms with Gasteiger partial charge in [-0.1, -0.05) is 319 Å². The van der Waals surface area contributed by atoms with Gasteiger partial charge < -0.3 is 40.3 Å². The van der Waals surface area contributed by atoms with Crippen molar-refractivity contribution in [3.8, 4) is 0 Å². The van der Waals surface area contributed by atoms with Crippen LogP contribution in [-0.2, 0) is 14.3 Å². The standard InChI is InChI=1S/C70H129NO8/c1-3-5-7-9-11-13-15-17-19-21-23-25-27-29-31-32-34-35-37-39-41-43-45-47-49-51-53-55-57-59-64(73)63(62-78-70-69(77)68(76)67(75)65(61-72)79-70)71-66(74)60-58-56-54-52-50-48-46-44-42-40-38-36-33-30-28-26-24-22-20-18-16-14-12-10-8-6-4-2/h6,8,12,14,18,20,24,26,57,59,63-65,67-70,72-73,75-77H,3-5,7,9-11,13,15-17,19,21-23,25,27-56,58,60-62H2,1-2H3,(H,71,74)/b8-6-,14-12-,20-18-,26-24-,59-57+. The van der Waals surface area contributed by atoms with Crippen LogP contribution >= 0.6 is 0 Å². The molecule has 1 aliphatic rings. The normalized spacial score (nSPS) is 18.9. The summed E-state index contributed by atoms with van der Waals surface area (Å²) < 4.78 is 11.3. The molecule has 1 rings (SSSR count). The molecule has 1 saturated heterocycles. The Bertz CT molecular complexity index is 1430. The van der Waals surface area contributed by atoms with Crippen LogP contribution in [0.2, 0.25) is 0 Å². The quantitative estimate of drug-likeness (QED) is 0.0261. The minimum Gasteiger partial charge on any atom is -0.394 e. The Morgan fingerprint density at radius 1 is 0.443 bits per heavy atom. The number of ether oxygens (including phenoxy) is 2. The second-order valence-corrected chi connectivity index (χ2v) is 23.6. The molecule has 7 atom stereocenters. The molecular formula is C70H129NO8. The van der Waals surface area contributed by atoms with E-state index >= 15 is 0 Å². The minimum atomic E-state index is -1.57. The highest BCUT2D eigenvalue weighted by Gasteiger charge is 2.44. The van der Waals surface area contributed by atoms with Gasteiger partial charge in [-0.15, -0.1) is 0 Å². The highest BCUT2D eigenvalue weighted by Crippen LogP contribution is 2.23. The lowest BCUT2D eigenvalue weighted by Crippen LogP contribution is -2.60. The molecule has 1 fully saturated rings. The summed E-state index contributed by atoms with van der Waals surface area (Å²) in [6.07, 6.45) is 74.6. The van der Waals surface area contributed by atoms with Crippen LogP contribution in [0.4, 0.5) is 0 Å². The van der Waals surface area contributed by atoms with Crippen LogP contribution in [0.25, 0.3) is 0 Å². The molecule has 0 aromatic rings. The molecular weight excluding hydrogens is 983 g/mol. The number of carbonyl (C=O) groups is 1. The zero-order chi connectivity index (χ0) is 57.2. The number of hydrogen-bond acceptors (Lipinski definition) is 8. The molecule has 0 spiro atoms. The Balaban J connectivity index is 2.15. The predicted octanol–water partition coefficient (Wildman–Crippen LogP) is 18.2. The zero-order valence-electron chi connectivity index (χ0n) is 51.6. The van der Waals surface area contributed by atoms with Crippen molar-refractivity contribution in [1.82, 2.24) is 5.32 Å².